The second kappa shape index (κ2) is 4.86. The molecular formula is C18H14N2S. The fourth-order valence-electron chi connectivity index (χ4n) is 2.80. The minimum Gasteiger partial charge on any atom is -0.399 e. The molecule has 3 heteroatoms. The number of nitrogens with two attached hydrogens (primary N) is 1. The molecule has 0 spiro atoms. The summed E-state index contributed by atoms with van der Waals surface area (Å²) in [5.41, 5.74) is 13.0. The fourth-order valence-corrected chi connectivity index (χ4v) is 3.39. The Labute approximate surface area is 127 Å². The molecule has 2 nitrogen and oxygen atoms in total. The summed E-state index contributed by atoms with van der Waals surface area (Å²) in [5, 5.41) is 2.06. The number of fused-ring (bicyclic) bond motifs is 3. The monoisotopic (exact) mass is 290 g/mol. The summed E-state index contributed by atoms with van der Waals surface area (Å²) in [6, 6.07) is 16.7. The number of thiophene rings is 1. The molecule has 0 bridgehead atoms. The van der Waals surface area contributed by atoms with Crippen molar-refractivity contribution < 1.29 is 0 Å². The molecule has 0 saturated carbocycles. The van der Waals surface area contributed by atoms with Crippen molar-refractivity contribution in [3.05, 3.63) is 69.9 Å². The van der Waals surface area contributed by atoms with Gasteiger partial charge in [-0.15, -0.1) is 11.3 Å². The molecule has 1 heterocycles. The van der Waals surface area contributed by atoms with E-state index in [1.54, 1.807) is 11.3 Å². The normalized spacial score (nSPS) is 12.6. The van der Waals surface area contributed by atoms with E-state index < -0.39 is 0 Å². The van der Waals surface area contributed by atoms with Crippen molar-refractivity contribution in [2.75, 3.05) is 5.73 Å². The van der Waals surface area contributed by atoms with Crippen molar-refractivity contribution in [2.45, 2.75) is 6.42 Å². The zero-order valence-corrected chi connectivity index (χ0v) is 12.2. The van der Waals surface area contributed by atoms with Crippen LogP contribution in [0.1, 0.15) is 16.0 Å². The van der Waals surface area contributed by atoms with E-state index >= 15 is 0 Å². The Bertz CT molecular complexity index is 832. The van der Waals surface area contributed by atoms with Crippen LogP contribution in [-0.2, 0) is 6.42 Å². The molecule has 0 unspecified atom stereocenters. The molecule has 0 aliphatic heterocycles. The van der Waals surface area contributed by atoms with E-state index in [9.17, 15) is 0 Å². The summed E-state index contributed by atoms with van der Waals surface area (Å²) in [4.78, 5) is 5.74. The van der Waals surface area contributed by atoms with E-state index in [4.69, 9.17) is 5.73 Å². The zero-order chi connectivity index (χ0) is 14.2. The second-order valence-corrected chi connectivity index (χ2v) is 6.19. The average molecular weight is 290 g/mol. The van der Waals surface area contributed by atoms with Crippen molar-refractivity contribution >= 4 is 28.9 Å². The van der Waals surface area contributed by atoms with Gasteiger partial charge in [-0.3, -0.25) is 4.99 Å². The minimum absolute atomic E-state index is 0.831. The van der Waals surface area contributed by atoms with Gasteiger partial charge in [0.25, 0.3) is 0 Å². The van der Waals surface area contributed by atoms with Crippen molar-refractivity contribution in [1.29, 1.82) is 0 Å². The summed E-state index contributed by atoms with van der Waals surface area (Å²) in [6.45, 7) is 0. The van der Waals surface area contributed by atoms with Gasteiger partial charge in [0, 0.05) is 16.8 Å². The first kappa shape index (κ1) is 12.4. The molecule has 1 aliphatic rings. The Morgan fingerprint density at radius 3 is 2.62 bits per heavy atom. The molecule has 1 aliphatic carbocycles. The third kappa shape index (κ3) is 2.26. The molecule has 3 aromatic rings. The molecule has 0 atom stereocenters. The van der Waals surface area contributed by atoms with E-state index in [0.717, 1.165) is 17.8 Å². The topological polar surface area (TPSA) is 38.4 Å². The van der Waals surface area contributed by atoms with E-state index in [-0.39, 0.29) is 0 Å². The molecule has 21 heavy (non-hydrogen) atoms. The van der Waals surface area contributed by atoms with Gasteiger partial charge in [-0.2, -0.15) is 0 Å². The molecule has 0 amide bonds. The quantitative estimate of drug-likeness (QED) is 0.423. The maximum absolute atomic E-state index is 5.88. The molecule has 0 radical (unpaired) electrons. The van der Waals surface area contributed by atoms with E-state index in [0.29, 0.717) is 0 Å². The number of nitrogen functional groups attached to an aromatic ring is 1. The minimum atomic E-state index is 0.831. The Kier molecular flexibility index (Phi) is 2.86. The number of hydrogen-bond acceptors (Lipinski definition) is 3. The summed E-state index contributed by atoms with van der Waals surface area (Å²) in [5.74, 6) is 0. The van der Waals surface area contributed by atoms with Crippen LogP contribution in [0.5, 0.6) is 0 Å². The van der Waals surface area contributed by atoms with Crippen LogP contribution in [0.15, 0.2) is 58.9 Å². The fraction of sp³-hybridized carbons (Fsp3) is 0.0556. The Hall–Kier alpha value is -2.39. The van der Waals surface area contributed by atoms with Gasteiger partial charge >= 0.3 is 0 Å². The number of benzene rings is 2. The van der Waals surface area contributed by atoms with Gasteiger partial charge in [-0.1, -0.05) is 18.2 Å². The van der Waals surface area contributed by atoms with Crippen molar-refractivity contribution in [2.24, 2.45) is 4.99 Å². The Morgan fingerprint density at radius 1 is 1.00 bits per heavy atom. The Balaban J connectivity index is 1.68. The van der Waals surface area contributed by atoms with E-state index in [1.807, 2.05) is 18.3 Å². The van der Waals surface area contributed by atoms with Gasteiger partial charge in [0.1, 0.15) is 0 Å². The van der Waals surface area contributed by atoms with Crippen LogP contribution in [0.25, 0.3) is 11.1 Å². The van der Waals surface area contributed by atoms with Crippen LogP contribution >= 0.6 is 11.3 Å². The maximum Gasteiger partial charge on any atom is 0.0633 e. The third-order valence-corrected chi connectivity index (χ3v) is 4.58. The summed E-state index contributed by atoms with van der Waals surface area (Å²) >= 11 is 1.70. The zero-order valence-electron chi connectivity index (χ0n) is 11.4. The van der Waals surface area contributed by atoms with Crippen molar-refractivity contribution in [3.63, 3.8) is 0 Å². The SMILES string of the molecule is Nc1ccc2c(c1)Cc1cc(/N=C/c3cccs3)ccc1-2. The standard InChI is InChI=1S/C18H14N2S/c19-14-3-5-17-12(9-14)8-13-10-15(4-6-18(13)17)20-11-16-2-1-7-21-16/h1-7,9-11H,8,19H2/b20-11+. The molecule has 2 aromatic carbocycles. The lowest BCUT2D eigenvalue weighted by atomic mass is 10.1. The number of nitrogens with zero attached hydrogens (tertiary/aromatic N) is 1. The lowest BCUT2D eigenvalue weighted by Gasteiger charge is -2.02. The van der Waals surface area contributed by atoms with Crippen LogP contribution in [0, 0.1) is 0 Å². The van der Waals surface area contributed by atoms with E-state index in [1.165, 1.54) is 27.1 Å². The second-order valence-electron chi connectivity index (χ2n) is 5.21. The van der Waals surface area contributed by atoms with Gasteiger partial charge in [-0.05, 0) is 64.4 Å². The largest absolute Gasteiger partial charge is 0.399 e. The molecule has 0 saturated heterocycles. The smallest absolute Gasteiger partial charge is 0.0633 e. The lowest BCUT2D eigenvalue weighted by Crippen LogP contribution is -1.86. The van der Waals surface area contributed by atoms with Crippen LogP contribution in [0.3, 0.4) is 0 Å². The van der Waals surface area contributed by atoms with Crippen LogP contribution in [0.4, 0.5) is 11.4 Å². The van der Waals surface area contributed by atoms with E-state index in [2.05, 4.69) is 46.8 Å². The number of aliphatic imine (C=N–C) groups is 1. The molecule has 1 aromatic heterocycles. The first-order valence-electron chi connectivity index (χ1n) is 6.89. The predicted molar refractivity (Wildman–Crippen MR) is 90.7 cm³/mol. The summed E-state index contributed by atoms with van der Waals surface area (Å²) in [7, 11) is 0. The van der Waals surface area contributed by atoms with Crippen molar-refractivity contribution in [1.82, 2.24) is 0 Å². The molecule has 102 valence electrons. The number of anilines is 1. The highest BCUT2D eigenvalue weighted by Crippen LogP contribution is 2.39. The lowest BCUT2D eigenvalue weighted by molar-refractivity contribution is 1.26. The number of rotatable bonds is 2. The van der Waals surface area contributed by atoms with Gasteiger partial charge in [0.2, 0.25) is 0 Å². The van der Waals surface area contributed by atoms with Gasteiger partial charge in [0.15, 0.2) is 0 Å². The number of hydrogen-bond donors (Lipinski definition) is 1. The van der Waals surface area contributed by atoms with Crippen LogP contribution in [-0.4, -0.2) is 6.21 Å². The van der Waals surface area contributed by atoms with Crippen molar-refractivity contribution in [3.8, 4) is 11.1 Å². The summed E-state index contributed by atoms with van der Waals surface area (Å²) < 4.78 is 0. The highest BCUT2D eigenvalue weighted by atomic mass is 32.1. The molecular weight excluding hydrogens is 276 g/mol. The predicted octanol–water partition coefficient (Wildman–Crippen LogP) is 4.65. The van der Waals surface area contributed by atoms with Crippen LogP contribution in [0.2, 0.25) is 0 Å². The average Bonchev–Trinajstić information content (AvgIpc) is 3.11. The van der Waals surface area contributed by atoms with Crippen LogP contribution < -0.4 is 5.73 Å². The van der Waals surface area contributed by atoms with Gasteiger partial charge < -0.3 is 5.73 Å². The molecule has 2 N–H and O–H groups in total. The third-order valence-electron chi connectivity index (χ3n) is 3.77. The first-order valence-corrected chi connectivity index (χ1v) is 7.77. The highest BCUT2D eigenvalue weighted by molar-refractivity contribution is 7.11. The molecule has 0 fully saturated rings. The maximum atomic E-state index is 5.88. The molecule has 4 rings (SSSR count). The summed E-state index contributed by atoms with van der Waals surface area (Å²) in [6.07, 6.45) is 2.87. The highest BCUT2D eigenvalue weighted by Gasteiger charge is 2.18. The van der Waals surface area contributed by atoms with Gasteiger partial charge in [0.05, 0.1) is 5.69 Å². The van der Waals surface area contributed by atoms with Gasteiger partial charge in [-0.25, -0.2) is 0 Å². The Morgan fingerprint density at radius 2 is 1.81 bits per heavy atom. The first-order chi connectivity index (χ1) is 10.3.